The van der Waals surface area contributed by atoms with Crippen molar-refractivity contribution in [2.45, 2.75) is 56.7 Å². The molecule has 1 aliphatic carbocycles. The number of sulfonamides is 1. The van der Waals surface area contributed by atoms with E-state index in [9.17, 15) is 13.2 Å². The van der Waals surface area contributed by atoms with Gasteiger partial charge in [0, 0.05) is 18.2 Å². The molecule has 1 unspecified atom stereocenters. The van der Waals surface area contributed by atoms with Crippen LogP contribution in [0.1, 0.15) is 60.9 Å². The highest BCUT2D eigenvalue weighted by Crippen LogP contribution is 2.35. The van der Waals surface area contributed by atoms with Crippen molar-refractivity contribution < 1.29 is 13.2 Å². The van der Waals surface area contributed by atoms with Crippen LogP contribution < -0.4 is 5.14 Å². The summed E-state index contributed by atoms with van der Waals surface area (Å²) in [5.74, 6) is 0.414. The lowest BCUT2D eigenvalue weighted by Crippen LogP contribution is -2.40. The summed E-state index contributed by atoms with van der Waals surface area (Å²) in [6.45, 7) is 0.805. The fourth-order valence-corrected chi connectivity index (χ4v) is 4.89. The highest BCUT2D eigenvalue weighted by atomic mass is 32.2. The molecule has 2 aliphatic rings. The van der Waals surface area contributed by atoms with Crippen LogP contribution >= 0.6 is 0 Å². The van der Waals surface area contributed by atoms with Crippen LogP contribution in [0.25, 0.3) is 0 Å². The molecule has 1 aromatic rings. The zero-order valence-electron chi connectivity index (χ0n) is 14.0. The average Bonchev–Trinajstić information content (AvgIpc) is 3.03. The predicted octanol–water partition coefficient (Wildman–Crippen LogP) is 2.66. The second kappa shape index (κ2) is 7.23. The lowest BCUT2D eigenvalue weighted by molar-refractivity contribution is 0.0661. The van der Waals surface area contributed by atoms with Crippen LogP contribution in [0, 0.1) is 5.92 Å². The first kappa shape index (κ1) is 17.4. The molecule has 6 heteroatoms. The highest BCUT2D eigenvalue weighted by Gasteiger charge is 2.35. The summed E-state index contributed by atoms with van der Waals surface area (Å²) in [6.07, 6.45) is 8.45. The Balaban J connectivity index is 1.76. The van der Waals surface area contributed by atoms with E-state index in [-0.39, 0.29) is 11.7 Å². The van der Waals surface area contributed by atoms with Crippen LogP contribution in [0.15, 0.2) is 24.3 Å². The zero-order valence-corrected chi connectivity index (χ0v) is 14.8. The lowest BCUT2D eigenvalue weighted by Gasteiger charge is -2.34. The molecule has 3 rings (SSSR count). The maximum Gasteiger partial charge on any atom is 0.254 e. The number of carbonyl (C=O) groups excluding carboxylic acids is 1. The number of likely N-dealkylation sites (tertiary alicyclic amines) is 1. The number of hydrogen-bond acceptors (Lipinski definition) is 3. The molecule has 1 saturated heterocycles. The number of nitrogens with two attached hydrogens (primary N) is 1. The van der Waals surface area contributed by atoms with Gasteiger partial charge in [0.2, 0.25) is 10.0 Å². The third-order valence-corrected chi connectivity index (χ3v) is 6.03. The normalized spacial score (nSPS) is 22.7. The molecule has 1 aromatic carbocycles. The molecule has 1 amide bonds. The summed E-state index contributed by atoms with van der Waals surface area (Å²) < 4.78 is 22.6. The number of hydrogen-bond donors (Lipinski definition) is 1. The Morgan fingerprint density at radius 2 is 1.88 bits per heavy atom. The van der Waals surface area contributed by atoms with Crippen molar-refractivity contribution in [2.24, 2.45) is 11.1 Å². The maximum absolute atomic E-state index is 13.0. The van der Waals surface area contributed by atoms with Gasteiger partial charge in [0.25, 0.3) is 5.91 Å². The van der Waals surface area contributed by atoms with Gasteiger partial charge in [-0.2, -0.15) is 0 Å². The van der Waals surface area contributed by atoms with Crippen molar-refractivity contribution in [1.29, 1.82) is 0 Å². The zero-order chi connectivity index (χ0) is 17.2. The number of rotatable bonds is 4. The third-order valence-electron chi connectivity index (χ3n) is 5.30. The molecule has 24 heavy (non-hydrogen) atoms. The van der Waals surface area contributed by atoms with Crippen molar-refractivity contribution in [1.82, 2.24) is 4.90 Å². The molecule has 0 spiro atoms. The van der Waals surface area contributed by atoms with Gasteiger partial charge in [-0.1, -0.05) is 31.4 Å². The minimum atomic E-state index is -3.59. The number of primary sulfonamides is 1. The van der Waals surface area contributed by atoms with Crippen molar-refractivity contribution >= 4 is 15.9 Å². The topological polar surface area (TPSA) is 80.5 Å². The van der Waals surface area contributed by atoms with Crippen LogP contribution in [-0.4, -0.2) is 31.8 Å². The Morgan fingerprint density at radius 1 is 1.12 bits per heavy atom. The summed E-state index contributed by atoms with van der Waals surface area (Å²) >= 11 is 0. The Kier molecular flexibility index (Phi) is 5.25. The smallest absolute Gasteiger partial charge is 0.254 e. The van der Waals surface area contributed by atoms with Gasteiger partial charge >= 0.3 is 0 Å². The molecule has 1 saturated carbocycles. The molecular weight excluding hydrogens is 324 g/mol. The first-order chi connectivity index (χ1) is 11.4. The number of benzene rings is 1. The molecule has 1 heterocycles. The molecule has 2 fully saturated rings. The van der Waals surface area contributed by atoms with Gasteiger partial charge in [-0.15, -0.1) is 0 Å². The monoisotopic (exact) mass is 350 g/mol. The van der Waals surface area contributed by atoms with Gasteiger partial charge in [-0.05, 0) is 49.3 Å². The second-order valence-electron chi connectivity index (χ2n) is 7.11. The molecule has 1 aliphatic heterocycles. The molecule has 5 nitrogen and oxygen atoms in total. The van der Waals surface area contributed by atoms with Gasteiger partial charge < -0.3 is 4.90 Å². The highest BCUT2D eigenvalue weighted by molar-refractivity contribution is 7.88. The van der Waals surface area contributed by atoms with E-state index >= 15 is 0 Å². The molecule has 2 N–H and O–H groups in total. The van der Waals surface area contributed by atoms with Crippen LogP contribution in [0.3, 0.4) is 0 Å². The van der Waals surface area contributed by atoms with E-state index < -0.39 is 10.0 Å². The molecule has 0 bridgehead atoms. The summed E-state index contributed by atoms with van der Waals surface area (Å²) in [5, 5.41) is 5.11. The molecule has 0 aromatic heterocycles. The van der Waals surface area contributed by atoms with Crippen molar-refractivity contribution in [3.63, 3.8) is 0 Å². The average molecular weight is 350 g/mol. The van der Waals surface area contributed by atoms with Crippen molar-refractivity contribution in [3.05, 3.63) is 35.4 Å². The van der Waals surface area contributed by atoms with E-state index in [0.717, 1.165) is 19.4 Å². The quantitative estimate of drug-likeness (QED) is 0.906. The molecule has 132 valence electrons. The summed E-state index contributed by atoms with van der Waals surface area (Å²) in [7, 11) is -3.59. The molecule has 0 radical (unpaired) electrons. The first-order valence-corrected chi connectivity index (χ1v) is 10.6. The predicted molar refractivity (Wildman–Crippen MR) is 93.9 cm³/mol. The van der Waals surface area contributed by atoms with Crippen molar-refractivity contribution in [2.75, 3.05) is 6.54 Å². The molecular formula is C18H26N2O3S. The van der Waals surface area contributed by atoms with E-state index in [1.165, 1.54) is 32.1 Å². The summed E-state index contributed by atoms with van der Waals surface area (Å²) in [5.41, 5.74) is 1.13. The minimum absolute atomic E-state index is 0.0272. The Morgan fingerprint density at radius 3 is 2.58 bits per heavy atom. The summed E-state index contributed by atoms with van der Waals surface area (Å²) in [6, 6.07) is 7.22. The summed E-state index contributed by atoms with van der Waals surface area (Å²) in [4.78, 5) is 15.0. The van der Waals surface area contributed by atoms with E-state index in [4.69, 9.17) is 5.14 Å². The fraction of sp³-hybridized carbons (Fsp3) is 0.611. The number of amides is 1. The Bertz CT molecular complexity index is 696. The van der Waals surface area contributed by atoms with Gasteiger partial charge in [-0.25, -0.2) is 13.6 Å². The number of carbonyl (C=O) groups is 1. The SMILES string of the molecule is NS(=O)(=O)Cc1cccc(C(=O)N2CCCC2C2CCCCC2)c1. The van der Waals surface area contributed by atoms with Crippen LogP contribution in [-0.2, 0) is 15.8 Å². The Hall–Kier alpha value is -1.40. The third kappa shape index (κ3) is 4.16. The van der Waals surface area contributed by atoms with E-state index in [2.05, 4.69) is 0 Å². The number of nitrogens with zero attached hydrogens (tertiary/aromatic N) is 1. The largest absolute Gasteiger partial charge is 0.335 e. The van der Waals surface area contributed by atoms with Gasteiger partial charge in [0.15, 0.2) is 0 Å². The van der Waals surface area contributed by atoms with Crippen LogP contribution in [0.2, 0.25) is 0 Å². The van der Waals surface area contributed by atoms with Crippen molar-refractivity contribution in [3.8, 4) is 0 Å². The van der Waals surface area contributed by atoms with Gasteiger partial charge in [-0.3, -0.25) is 4.79 Å². The maximum atomic E-state index is 13.0. The van der Waals surface area contributed by atoms with E-state index in [0.29, 0.717) is 23.1 Å². The second-order valence-corrected chi connectivity index (χ2v) is 8.73. The van der Waals surface area contributed by atoms with Crippen LogP contribution in [0.5, 0.6) is 0 Å². The first-order valence-electron chi connectivity index (χ1n) is 8.84. The van der Waals surface area contributed by atoms with Gasteiger partial charge in [0.1, 0.15) is 0 Å². The van der Waals surface area contributed by atoms with E-state index in [1.807, 2.05) is 4.90 Å². The lowest BCUT2D eigenvalue weighted by atomic mass is 9.83. The standard InChI is InChI=1S/C18H26N2O3S/c19-24(22,23)13-14-6-4-9-16(12-14)18(21)20-11-5-10-17(20)15-7-2-1-3-8-15/h4,6,9,12,15,17H,1-3,5,7-8,10-11,13H2,(H2,19,22,23). The molecule has 1 atom stereocenters. The van der Waals surface area contributed by atoms with Crippen LogP contribution in [0.4, 0.5) is 0 Å². The fourth-order valence-electron chi connectivity index (χ4n) is 4.25. The van der Waals surface area contributed by atoms with E-state index in [1.54, 1.807) is 24.3 Å². The Labute approximate surface area is 144 Å². The minimum Gasteiger partial charge on any atom is -0.335 e. The van der Waals surface area contributed by atoms with Gasteiger partial charge in [0.05, 0.1) is 5.75 Å².